The van der Waals surface area contributed by atoms with Crippen molar-refractivity contribution in [2.45, 2.75) is 37.5 Å². The molecule has 0 aromatic carbocycles. The molecule has 0 saturated carbocycles. The predicted molar refractivity (Wildman–Crippen MR) is 61.3 cm³/mol. The largest absolute Gasteiger partial charge is 0.347 e. The molecular weight excluding hydrogens is 204 g/mol. The Morgan fingerprint density at radius 1 is 1.00 bits per heavy atom. The second kappa shape index (κ2) is 4.61. The highest BCUT2D eigenvalue weighted by Gasteiger charge is 2.40. The Morgan fingerprint density at radius 2 is 1.62 bits per heavy atom. The van der Waals surface area contributed by atoms with E-state index in [1.54, 1.807) is 0 Å². The van der Waals surface area contributed by atoms with Crippen molar-refractivity contribution in [2.75, 3.05) is 39.4 Å². The van der Waals surface area contributed by atoms with Crippen LogP contribution in [0.25, 0.3) is 0 Å². The van der Waals surface area contributed by atoms with Crippen molar-refractivity contribution in [3.05, 3.63) is 0 Å². The van der Waals surface area contributed by atoms with Crippen LogP contribution in [0, 0.1) is 0 Å². The quantitative estimate of drug-likeness (QED) is 0.709. The smallest absolute Gasteiger partial charge is 0.170 e. The van der Waals surface area contributed by atoms with Crippen molar-refractivity contribution in [1.82, 2.24) is 10.2 Å². The molecule has 3 heterocycles. The maximum Gasteiger partial charge on any atom is 0.170 e. The highest BCUT2D eigenvalue weighted by molar-refractivity contribution is 4.87. The second-order valence-corrected chi connectivity index (χ2v) is 5.12. The first kappa shape index (κ1) is 11.0. The van der Waals surface area contributed by atoms with Crippen LogP contribution in [0.2, 0.25) is 0 Å². The van der Waals surface area contributed by atoms with Gasteiger partial charge < -0.3 is 14.8 Å². The van der Waals surface area contributed by atoms with Crippen LogP contribution in [-0.2, 0) is 9.47 Å². The van der Waals surface area contributed by atoms with Gasteiger partial charge in [-0.2, -0.15) is 0 Å². The maximum atomic E-state index is 5.76. The molecule has 0 unspecified atom stereocenters. The summed E-state index contributed by atoms with van der Waals surface area (Å²) in [7, 11) is 0. The van der Waals surface area contributed by atoms with E-state index in [0.29, 0.717) is 0 Å². The number of nitrogens with one attached hydrogen (secondary N) is 1. The average molecular weight is 226 g/mol. The van der Waals surface area contributed by atoms with Crippen molar-refractivity contribution < 1.29 is 9.47 Å². The van der Waals surface area contributed by atoms with Gasteiger partial charge in [0.25, 0.3) is 0 Å². The molecule has 0 amide bonds. The van der Waals surface area contributed by atoms with Crippen molar-refractivity contribution in [3.8, 4) is 0 Å². The fourth-order valence-corrected chi connectivity index (χ4v) is 3.19. The maximum absolute atomic E-state index is 5.76. The average Bonchev–Trinajstić information content (AvgIpc) is 2.80. The standard InChI is InChI=1S/C12H22N2O2/c1-5-13-6-2-11(1)14-7-3-12(4-8-14)15-9-10-16-12/h11,13H,1-10H2. The topological polar surface area (TPSA) is 33.7 Å². The highest BCUT2D eigenvalue weighted by atomic mass is 16.7. The SMILES string of the molecule is C1CC(N2CCC3(CC2)OCCO3)CCN1. The molecule has 1 N–H and O–H groups in total. The first-order chi connectivity index (χ1) is 7.88. The van der Waals surface area contributed by atoms with Gasteiger partial charge in [-0.05, 0) is 25.9 Å². The van der Waals surface area contributed by atoms with Gasteiger partial charge in [0.05, 0.1) is 13.2 Å². The number of hydrogen-bond acceptors (Lipinski definition) is 4. The summed E-state index contributed by atoms with van der Waals surface area (Å²) in [5.74, 6) is -0.205. The van der Waals surface area contributed by atoms with E-state index in [1.807, 2.05) is 0 Å². The molecule has 0 aliphatic carbocycles. The van der Waals surface area contributed by atoms with E-state index in [-0.39, 0.29) is 5.79 Å². The lowest BCUT2D eigenvalue weighted by atomic mass is 9.98. The molecule has 4 nitrogen and oxygen atoms in total. The summed E-state index contributed by atoms with van der Waals surface area (Å²) in [5, 5.41) is 3.43. The molecule has 4 heteroatoms. The molecule has 3 fully saturated rings. The van der Waals surface area contributed by atoms with E-state index >= 15 is 0 Å². The molecule has 0 atom stereocenters. The number of rotatable bonds is 1. The van der Waals surface area contributed by atoms with E-state index in [1.165, 1.54) is 25.9 Å². The van der Waals surface area contributed by atoms with Gasteiger partial charge in [-0.1, -0.05) is 0 Å². The molecule has 3 aliphatic heterocycles. The third-order valence-electron chi connectivity index (χ3n) is 4.20. The first-order valence-corrected chi connectivity index (χ1v) is 6.61. The van der Waals surface area contributed by atoms with E-state index in [9.17, 15) is 0 Å². The Bertz CT molecular complexity index is 225. The molecule has 0 aromatic heterocycles. The summed E-state index contributed by atoms with van der Waals surface area (Å²) < 4.78 is 11.5. The minimum absolute atomic E-state index is 0.205. The molecule has 3 rings (SSSR count). The number of hydrogen-bond donors (Lipinski definition) is 1. The molecule has 3 aliphatic rings. The Balaban J connectivity index is 1.53. The van der Waals surface area contributed by atoms with E-state index < -0.39 is 0 Å². The minimum Gasteiger partial charge on any atom is -0.347 e. The van der Waals surface area contributed by atoms with Crippen LogP contribution in [0.4, 0.5) is 0 Å². The Hall–Kier alpha value is -0.160. The summed E-state index contributed by atoms with van der Waals surface area (Å²) in [6.45, 7) is 6.22. The second-order valence-electron chi connectivity index (χ2n) is 5.12. The molecule has 3 saturated heterocycles. The summed E-state index contributed by atoms with van der Waals surface area (Å²) >= 11 is 0. The van der Waals surface area contributed by atoms with Gasteiger partial charge in [-0.25, -0.2) is 0 Å². The van der Waals surface area contributed by atoms with Crippen molar-refractivity contribution in [2.24, 2.45) is 0 Å². The zero-order valence-corrected chi connectivity index (χ0v) is 9.91. The Kier molecular flexibility index (Phi) is 3.16. The van der Waals surface area contributed by atoms with Crippen LogP contribution in [0.15, 0.2) is 0 Å². The Morgan fingerprint density at radius 3 is 2.25 bits per heavy atom. The van der Waals surface area contributed by atoms with E-state index in [2.05, 4.69) is 10.2 Å². The van der Waals surface area contributed by atoms with Gasteiger partial charge in [0, 0.05) is 32.0 Å². The highest BCUT2D eigenvalue weighted by Crippen LogP contribution is 2.32. The van der Waals surface area contributed by atoms with Crippen molar-refractivity contribution in [1.29, 1.82) is 0 Å². The van der Waals surface area contributed by atoms with Crippen molar-refractivity contribution >= 4 is 0 Å². The van der Waals surface area contributed by atoms with Crippen LogP contribution in [0.5, 0.6) is 0 Å². The van der Waals surface area contributed by atoms with Gasteiger partial charge in [-0.15, -0.1) is 0 Å². The van der Waals surface area contributed by atoms with E-state index in [0.717, 1.165) is 45.2 Å². The predicted octanol–water partition coefficient (Wildman–Crippen LogP) is 0.577. The minimum atomic E-state index is -0.205. The van der Waals surface area contributed by atoms with Gasteiger partial charge in [-0.3, -0.25) is 4.90 Å². The van der Waals surface area contributed by atoms with Gasteiger partial charge in [0.2, 0.25) is 0 Å². The van der Waals surface area contributed by atoms with Crippen LogP contribution >= 0.6 is 0 Å². The fourth-order valence-electron chi connectivity index (χ4n) is 3.19. The third-order valence-corrected chi connectivity index (χ3v) is 4.20. The van der Waals surface area contributed by atoms with Crippen LogP contribution in [-0.4, -0.2) is 56.1 Å². The molecule has 16 heavy (non-hydrogen) atoms. The summed E-state index contributed by atoms with van der Waals surface area (Å²) in [5.41, 5.74) is 0. The molecule has 0 bridgehead atoms. The lowest BCUT2D eigenvalue weighted by Crippen LogP contribution is -2.51. The van der Waals surface area contributed by atoms with Crippen LogP contribution < -0.4 is 5.32 Å². The number of ether oxygens (including phenoxy) is 2. The number of likely N-dealkylation sites (tertiary alicyclic amines) is 1. The van der Waals surface area contributed by atoms with E-state index in [4.69, 9.17) is 9.47 Å². The number of piperidine rings is 2. The van der Waals surface area contributed by atoms with Crippen LogP contribution in [0.3, 0.4) is 0 Å². The van der Waals surface area contributed by atoms with Crippen molar-refractivity contribution in [3.63, 3.8) is 0 Å². The third kappa shape index (κ3) is 2.12. The van der Waals surface area contributed by atoms with Gasteiger partial charge >= 0.3 is 0 Å². The normalized spacial score (nSPS) is 32.2. The van der Waals surface area contributed by atoms with Gasteiger partial charge in [0.1, 0.15) is 0 Å². The molecular formula is C12H22N2O2. The molecule has 0 aromatic rings. The monoisotopic (exact) mass is 226 g/mol. The molecule has 1 spiro atoms. The molecule has 0 radical (unpaired) electrons. The Labute approximate surface area is 97.3 Å². The summed E-state index contributed by atoms with van der Waals surface area (Å²) in [4.78, 5) is 2.64. The lowest BCUT2D eigenvalue weighted by molar-refractivity contribution is -0.188. The fraction of sp³-hybridized carbons (Fsp3) is 1.00. The van der Waals surface area contributed by atoms with Gasteiger partial charge in [0.15, 0.2) is 5.79 Å². The molecule has 92 valence electrons. The summed E-state index contributed by atoms with van der Waals surface area (Å²) in [6, 6.07) is 0.792. The zero-order valence-electron chi connectivity index (χ0n) is 9.91. The van der Waals surface area contributed by atoms with Crippen LogP contribution in [0.1, 0.15) is 25.7 Å². The zero-order chi connectivity index (χ0) is 10.8. The first-order valence-electron chi connectivity index (χ1n) is 6.61. The lowest BCUT2D eigenvalue weighted by Gasteiger charge is -2.42. The summed E-state index contributed by atoms with van der Waals surface area (Å²) in [6.07, 6.45) is 4.71. The number of nitrogens with zero attached hydrogens (tertiary/aromatic N) is 1.